The minimum atomic E-state index is 0. The Bertz CT molecular complexity index is 64.7. The molecule has 0 unspecified atom stereocenters. The third-order valence-corrected chi connectivity index (χ3v) is 0. The summed E-state index contributed by atoms with van der Waals surface area (Å²) >= 11 is 0. The van der Waals surface area contributed by atoms with E-state index < -0.39 is 0 Å². The van der Waals surface area contributed by atoms with Gasteiger partial charge in [-0.2, -0.15) is 10.5 Å². The van der Waals surface area contributed by atoms with Gasteiger partial charge >= 0.3 is 0 Å². The smallest absolute Gasteiger partial charge is 0.0587 e. The van der Waals surface area contributed by atoms with Crippen molar-refractivity contribution in [1.82, 2.24) is 0 Å². The Balaban J connectivity index is -0.0000000400. The second-order valence-corrected chi connectivity index (χ2v) is 0.447. The maximum Gasteiger partial charge on any atom is 0.0587 e. The van der Waals surface area contributed by atoms with Crippen molar-refractivity contribution in [2.45, 2.75) is 13.8 Å². The fourth-order valence-corrected chi connectivity index (χ4v) is 0. The quantitative estimate of drug-likeness (QED) is 0.479. The van der Waals surface area contributed by atoms with Crippen LogP contribution < -0.4 is 0 Å². The first-order valence-corrected chi connectivity index (χ1v) is 1.45. The maximum atomic E-state index is 7.32. The van der Waals surface area contributed by atoms with Crippen molar-refractivity contribution in [3.8, 4) is 12.1 Å². The van der Waals surface area contributed by atoms with E-state index in [-0.39, 0.29) is 17.1 Å². The Hall–Kier alpha value is -0.501. The van der Waals surface area contributed by atoms with Gasteiger partial charge in [0.05, 0.1) is 12.1 Å². The van der Waals surface area contributed by atoms with Gasteiger partial charge in [-0.25, -0.2) is 0 Å². The Morgan fingerprint density at radius 1 is 1.00 bits per heavy atom. The molecule has 1 radical (unpaired) electrons. The van der Waals surface area contributed by atoms with Crippen LogP contribution in [0.3, 0.4) is 0 Å². The van der Waals surface area contributed by atoms with E-state index in [2.05, 4.69) is 0 Å². The normalized spacial score (nSPS) is 2.29. The number of hydrogen-bond acceptors (Lipinski definition) is 2. The summed E-state index contributed by atoms with van der Waals surface area (Å²) in [7, 11) is 0. The molecule has 3 heteroatoms. The summed E-state index contributed by atoms with van der Waals surface area (Å²) in [5, 5.41) is 14.6. The van der Waals surface area contributed by atoms with Crippen LogP contribution in [-0.4, -0.2) is 0 Å². The molecule has 0 aromatic rings. The molecule has 0 fully saturated rings. The van der Waals surface area contributed by atoms with Crippen molar-refractivity contribution in [1.29, 1.82) is 10.5 Å². The molecule has 0 atom stereocenters. The SMILES string of the molecule is CC#N.CC#N.[Cu]. The standard InChI is InChI=1S/2C2H3N.Cu/c2*1-2-3;/h2*1H3;. The van der Waals surface area contributed by atoms with Crippen LogP contribution in [0.5, 0.6) is 0 Å². The molecule has 0 amide bonds. The van der Waals surface area contributed by atoms with Crippen LogP contribution >= 0.6 is 0 Å². The van der Waals surface area contributed by atoms with Gasteiger partial charge in [-0.1, -0.05) is 0 Å². The summed E-state index contributed by atoms with van der Waals surface area (Å²) < 4.78 is 0. The van der Waals surface area contributed by atoms with E-state index in [1.807, 2.05) is 0 Å². The summed E-state index contributed by atoms with van der Waals surface area (Å²) in [5.74, 6) is 0. The zero-order valence-corrected chi connectivity index (χ0v) is 5.14. The van der Waals surface area contributed by atoms with Gasteiger partial charge in [-0.15, -0.1) is 0 Å². The van der Waals surface area contributed by atoms with Gasteiger partial charge in [0.15, 0.2) is 0 Å². The average molecular weight is 146 g/mol. The molecule has 0 N–H and O–H groups in total. The number of nitrogens with zero attached hydrogens (tertiary/aromatic N) is 2. The van der Waals surface area contributed by atoms with Crippen LogP contribution in [0.4, 0.5) is 0 Å². The van der Waals surface area contributed by atoms with Gasteiger partial charge in [-0.3, -0.25) is 0 Å². The van der Waals surface area contributed by atoms with Crippen LogP contribution in [0.2, 0.25) is 0 Å². The van der Waals surface area contributed by atoms with Crippen molar-refractivity contribution < 1.29 is 17.1 Å². The van der Waals surface area contributed by atoms with Crippen molar-refractivity contribution in [2.75, 3.05) is 0 Å². The monoisotopic (exact) mass is 145 g/mol. The molecule has 0 bridgehead atoms. The fraction of sp³-hybridized carbons (Fsp3) is 0.500. The number of hydrogen-bond donors (Lipinski definition) is 0. The molecule has 0 saturated carbocycles. The Kier molecular flexibility index (Phi) is 114. The summed E-state index contributed by atoms with van der Waals surface area (Å²) in [4.78, 5) is 0. The predicted octanol–water partition coefficient (Wildman–Crippen LogP) is 1.06. The Morgan fingerprint density at radius 2 is 1.00 bits per heavy atom. The van der Waals surface area contributed by atoms with Crippen molar-refractivity contribution in [3.05, 3.63) is 0 Å². The van der Waals surface area contributed by atoms with E-state index in [0.717, 1.165) is 0 Å². The molecule has 0 aliphatic rings. The fourth-order valence-electron chi connectivity index (χ4n) is 0. The maximum absolute atomic E-state index is 7.32. The summed E-state index contributed by atoms with van der Waals surface area (Å²) in [6.45, 7) is 2.86. The van der Waals surface area contributed by atoms with E-state index in [4.69, 9.17) is 10.5 Å². The molecule has 43 valence electrons. The van der Waals surface area contributed by atoms with Gasteiger partial charge in [0.2, 0.25) is 0 Å². The molecule has 0 aliphatic carbocycles. The van der Waals surface area contributed by atoms with Gasteiger partial charge in [0.1, 0.15) is 0 Å². The van der Waals surface area contributed by atoms with Gasteiger partial charge in [-0.05, 0) is 0 Å². The van der Waals surface area contributed by atoms with Crippen molar-refractivity contribution in [2.24, 2.45) is 0 Å². The molecule has 0 heterocycles. The minimum Gasteiger partial charge on any atom is -0.199 e. The predicted molar refractivity (Wildman–Crippen MR) is 22.6 cm³/mol. The zero-order valence-electron chi connectivity index (χ0n) is 4.20. The van der Waals surface area contributed by atoms with E-state index in [0.29, 0.717) is 0 Å². The van der Waals surface area contributed by atoms with E-state index in [1.54, 1.807) is 12.1 Å². The van der Waals surface area contributed by atoms with E-state index in [1.165, 1.54) is 13.8 Å². The third kappa shape index (κ3) is 269. The van der Waals surface area contributed by atoms with Crippen LogP contribution in [0.15, 0.2) is 0 Å². The topological polar surface area (TPSA) is 47.6 Å². The molecule has 0 rings (SSSR count). The Labute approximate surface area is 54.2 Å². The van der Waals surface area contributed by atoms with Crippen LogP contribution in [0.1, 0.15) is 13.8 Å². The first kappa shape index (κ1) is 16.1. The minimum absolute atomic E-state index is 0. The van der Waals surface area contributed by atoms with Crippen LogP contribution in [-0.2, 0) is 17.1 Å². The molecule has 0 saturated heterocycles. The van der Waals surface area contributed by atoms with Crippen LogP contribution in [0, 0.1) is 22.7 Å². The average Bonchev–Trinajstić information content (AvgIpc) is 1.39. The molecular weight excluding hydrogens is 140 g/mol. The van der Waals surface area contributed by atoms with E-state index >= 15 is 0 Å². The van der Waals surface area contributed by atoms with Gasteiger partial charge < -0.3 is 0 Å². The molecule has 0 aromatic heterocycles. The summed E-state index contributed by atoms with van der Waals surface area (Å²) in [5.41, 5.74) is 0. The molecule has 0 aromatic carbocycles. The number of rotatable bonds is 0. The van der Waals surface area contributed by atoms with Crippen molar-refractivity contribution in [3.63, 3.8) is 0 Å². The first-order valence-electron chi connectivity index (χ1n) is 1.45. The van der Waals surface area contributed by atoms with Gasteiger partial charge in [0, 0.05) is 30.9 Å². The zero-order chi connectivity index (χ0) is 5.41. The van der Waals surface area contributed by atoms with Gasteiger partial charge in [0.25, 0.3) is 0 Å². The Morgan fingerprint density at radius 3 is 1.00 bits per heavy atom. The molecular formula is C4H6CuN2. The second-order valence-electron chi connectivity index (χ2n) is 0.447. The molecule has 2 nitrogen and oxygen atoms in total. The van der Waals surface area contributed by atoms with Crippen LogP contribution in [0.25, 0.3) is 0 Å². The molecule has 0 spiro atoms. The van der Waals surface area contributed by atoms with E-state index in [9.17, 15) is 0 Å². The number of nitriles is 2. The molecule has 7 heavy (non-hydrogen) atoms. The third-order valence-electron chi connectivity index (χ3n) is 0. The largest absolute Gasteiger partial charge is 0.199 e. The summed E-state index contributed by atoms with van der Waals surface area (Å²) in [6.07, 6.45) is 0. The summed E-state index contributed by atoms with van der Waals surface area (Å²) in [6, 6.07) is 3.50. The van der Waals surface area contributed by atoms with Crippen molar-refractivity contribution >= 4 is 0 Å². The first-order chi connectivity index (χ1) is 2.83. The second kappa shape index (κ2) is 49.5. The molecule has 0 aliphatic heterocycles.